The molecule has 0 aliphatic rings. The molecule has 1 aromatic heterocycles. The van der Waals surface area contributed by atoms with E-state index < -0.39 is 6.36 Å². The van der Waals surface area contributed by atoms with Crippen LogP contribution in [0.1, 0.15) is 15.9 Å². The Balaban J connectivity index is 1.33. The molecule has 0 unspecified atom stereocenters. The van der Waals surface area contributed by atoms with Crippen LogP contribution < -0.4 is 14.8 Å². The largest absolute Gasteiger partial charge is 0.573 e. The first-order chi connectivity index (χ1) is 17.2. The number of aromatic nitrogens is 1. The van der Waals surface area contributed by atoms with Gasteiger partial charge in [-0.05, 0) is 65.2 Å². The minimum atomic E-state index is -4.78. The normalized spacial score (nSPS) is 11.1. The molecule has 5 nitrogen and oxygen atoms in total. The standard InChI is InChI=1S/C26H17ClF4N2O3/c27-23-13-17(16-3-6-20(28)7-4-16)1-2-18(23)14-33-25(34)19-5-12-24(32-15-19)35-21-8-10-22(11-9-21)36-26(29,30)31/h1-13,15H,14H2,(H,33,34). The molecular weight excluding hydrogens is 500 g/mol. The van der Waals surface area contributed by atoms with Gasteiger partial charge in [-0.2, -0.15) is 0 Å². The number of hydrogen-bond acceptors (Lipinski definition) is 4. The van der Waals surface area contributed by atoms with Gasteiger partial charge in [0, 0.05) is 23.8 Å². The van der Waals surface area contributed by atoms with Crippen molar-refractivity contribution in [1.82, 2.24) is 10.3 Å². The quantitative estimate of drug-likeness (QED) is 0.265. The lowest BCUT2D eigenvalue weighted by molar-refractivity contribution is -0.274. The zero-order valence-corrected chi connectivity index (χ0v) is 19.1. The topological polar surface area (TPSA) is 60.5 Å². The molecule has 1 N–H and O–H groups in total. The molecule has 0 bridgehead atoms. The van der Waals surface area contributed by atoms with Crippen LogP contribution in [-0.4, -0.2) is 17.3 Å². The van der Waals surface area contributed by atoms with E-state index in [4.69, 9.17) is 16.3 Å². The summed E-state index contributed by atoms with van der Waals surface area (Å²) in [7, 11) is 0. The maximum absolute atomic E-state index is 13.1. The first-order valence-electron chi connectivity index (χ1n) is 10.5. The van der Waals surface area contributed by atoms with Gasteiger partial charge >= 0.3 is 6.36 Å². The van der Waals surface area contributed by atoms with Gasteiger partial charge in [-0.1, -0.05) is 35.9 Å². The number of ether oxygens (including phenoxy) is 2. The first-order valence-corrected chi connectivity index (χ1v) is 10.9. The molecular formula is C26H17ClF4N2O3. The average molecular weight is 517 g/mol. The number of carbonyl (C=O) groups excluding carboxylic acids is 1. The molecule has 1 heterocycles. The second-order valence-electron chi connectivity index (χ2n) is 7.50. The summed E-state index contributed by atoms with van der Waals surface area (Å²) in [5.74, 6) is -0.697. The van der Waals surface area contributed by atoms with Gasteiger partial charge < -0.3 is 14.8 Å². The third-order valence-corrected chi connectivity index (χ3v) is 5.30. The van der Waals surface area contributed by atoms with Crippen LogP contribution in [0.15, 0.2) is 85.1 Å². The van der Waals surface area contributed by atoms with Gasteiger partial charge in [-0.25, -0.2) is 9.37 Å². The highest BCUT2D eigenvalue weighted by Crippen LogP contribution is 2.28. The van der Waals surface area contributed by atoms with Gasteiger partial charge in [0.05, 0.1) is 5.56 Å². The molecule has 1 amide bonds. The summed E-state index contributed by atoms with van der Waals surface area (Å²) in [4.78, 5) is 16.5. The molecule has 3 aromatic carbocycles. The van der Waals surface area contributed by atoms with E-state index in [0.717, 1.165) is 23.3 Å². The molecule has 0 saturated carbocycles. The Bertz CT molecular complexity index is 1340. The van der Waals surface area contributed by atoms with Gasteiger partial charge in [0.25, 0.3) is 5.91 Å². The lowest BCUT2D eigenvalue weighted by Gasteiger charge is -2.10. The van der Waals surface area contributed by atoms with Crippen molar-refractivity contribution in [1.29, 1.82) is 0 Å². The van der Waals surface area contributed by atoms with Crippen molar-refractivity contribution >= 4 is 17.5 Å². The van der Waals surface area contributed by atoms with E-state index >= 15 is 0 Å². The Morgan fingerprint density at radius 2 is 1.56 bits per heavy atom. The maximum atomic E-state index is 13.1. The van der Waals surface area contributed by atoms with Gasteiger partial charge in [-0.15, -0.1) is 13.2 Å². The third-order valence-electron chi connectivity index (χ3n) is 4.95. The second-order valence-corrected chi connectivity index (χ2v) is 7.91. The molecule has 0 spiro atoms. The van der Waals surface area contributed by atoms with Crippen molar-refractivity contribution in [3.05, 3.63) is 107 Å². The van der Waals surface area contributed by atoms with E-state index in [9.17, 15) is 22.4 Å². The number of hydrogen-bond donors (Lipinski definition) is 1. The summed E-state index contributed by atoms with van der Waals surface area (Å²) in [6, 6.07) is 19.2. The maximum Gasteiger partial charge on any atom is 0.573 e. The summed E-state index contributed by atoms with van der Waals surface area (Å²) >= 11 is 6.36. The predicted octanol–water partition coefficient (Wildman–Crippen LogP) is 7.16. The molecule has 10 heteroatoms. The Morgan fingerprint density at radius 3 is 2.17 bits per heavy atom. The van der Waals surface area contributed by atoms with Crippen LogP contribution in [0.4, 0.5) is 17.6 Å². The summed E-state index contributed by atoms with van der Waals surface area (Å²) in [5, 5.41) is 3.21. The second kappa shape index (κ2) is 10.7. The fraction of sp³-hybridized carbons (Fsp3) is 0.0769. The summed E-state index contributed by atoms with van der Waals surface area (Å²) in [6.45, 7) is 0.173. The van der Waals surface area contributed by atoms with Crippen molar-refractivity contribution in [2.45, 2.75) is 12.9 Å². The Labute approximate surface area is 208 Å². The molecule has 0 fully saturated rings. The highest BCUT2D eigenvalue weighted by molar-refractivity contribution is 6.31. The van der Waals surface area contributed by atoms with Crippen LogP contribution in [0.3, 0.4) is 0 Å². The van der Waals surface area contributed by atoms with E-state index in [0.29, 0.717) is 10.6 Å². The van der Waals surface area contributed by atoms with E-state index in [1.165, 1.54) is 42.6 Å². The zero-order valence-electron chi connectivity index (χ0n) is 18.4. The molecule has 0 aliphatic heterocycles. The lowest BCUT2D eigenvalue weighted by Crippen LogP contribution is -2.23. The van der Waals surface area contributed by atoms with Crippen molar-refractivity contribution in [3.63, 3.8) is 0 Å². The molecule has 36 heavy (non-hydrogen) atoms. The zero-order chi connectivity index (χ0) is 25.7. The first kappa shape index (κ1) is 25.0. The number of nitrogens with zero attached hydrogens (tertiary/aromatic N) is 1. The number of amides is 1. The minimum absolute atomic E-state index is 0.149. The fourth-order valence-corrected chi connectivity index (χ4v) is 3.44. The van der Waals surface area contributed by atoms with E-state index in [1.54, 1.807) is 24.3 Å². The van der Waals surface area contributed by atoms with Crippen LogP contribution in [0.2, 0.25) is 5.02 Å². The van der Waals surface area contributed by atoms with Gasteiger partial charge in [-0.3, -0.25) is 4.79 Å². The smallest absolute Gasteiger partial charge is 0.439 e. The number of nitrogens with one attached hydrogen (secondary N) is 1. The Hall–Kier alpha value is -4.11. The number of benzene rings is 3. The molecule has 0 atom stereocenters. The number of pyridine rings is 1. The fourth-order valence-electron chi connectivity index (χ4n) is 3.20. The monoisotopic (exact) mass is 516 g/mol. The van der Waals surface area contributed by atoms with Gasteiger partial charge in [0.2, 0.25) is 5.88 Å². The molecule has 4 rings (SSSR count). The Morgan fingerprint density at radius 1 is 0.889 bits per heavy atom. The van der Waals surface area contributed by atoms with E-state index in [2.05, 4.69) is 15.0 Å². The van der Waals surface area contributed by atoms with Crippen LogP contribution in [0.25, 0.3) is 11.1 Å². The average Bonchev–Trinajstić information content (AvgIpc) is 2.84. The van der Waals surface area contributed by atoms with Crippen LogP contribution in [-0.2, 0) is 6.54 Å². The van der Waals surface area contributed by atoms with Crippen molar-refractivity contribution in [3.8, 4) is 28.5 Å². The van der Waals surface area contributed by atoms with Crippen LogP contribution in [0.5, 0.6) is 17.4 Å². The molecule has 0 aliphatic carbocycles. The van der Waals surface area contributed by atoms with Crippen molar-refractivity contribution < 1.29 is 31.8 Å². The van der Waals surface area contributed by atoms with Crippen LogP contribution >= 0.6 is 11.6 Å². The summed E-state index contributed by atoms with van der Waals surface area (Å²) < 4.78 is 59.1. The SMILES string of the molecule is O=C(NCc1ccc(-c2ccc(F)cc2)cc1Cl)c1ccc(Oc2ccc(OC(F)(F)F)cc2)nc1. The molecule has 0 saturated heterocycles. The summed E-state index contributed by atoms with van der Waals surface area (Å²) in [6.07, 6.45) is -3.47. The van der Waals surface area contributed by atoms with Crippen LogP contribution in [0, 0.1) is 5.82 Å². The van der Waals surface area contributed by atoms with Gasteiger partial charge in [0.15, 0.2) is 0 Å². The molecule has 4 aromatic rings. The number of rotatable bonds is 7. The van der Waals surface area contributed by atoms with E-state index in [1.807, 2.05) is 6.07 Å². The van der Waals surface area contributed by atoms with Crippen molar-refractivity contribution in [2.24, 2.45) is 0 Å². The highest BCUT2D eigenvalue weighted by atomic mass is 35.5. The highest BCUT2D eigenvalue weighted by Gasteiger charge is 2.31. The van der Waals surface area contributed by atoms with Crippen molar-refractivity contribution in [2.75, 3.05) is 0 Å². The number of halogens is 5. The molecule has 0 radical (unpaired) electrons. The minimum Gasteiger partial charge on any atom is -0.439 e. The number of alkyl halides is 3. The Kier molecular flexibility index (Phi) is 7.40. The predicted molar refractivity (Wildman–Crippen MR) is 125 cm³/mol. The lowest BCUT2D eigenvalue weighted by atomic mass is 10.0. The number of carbonyl (C=O) groups is 1. The van der Waals surface area contributed by atoms with Gasteiger partial charge in [0.1, 0.15) is 17.3 Å². The third kappa shape index (κ3) is 6.73. The molecule has 184 valence electrons. The summed E-state index contributed by atoms with van der Waals surface area (Å²) in [5.41, 5.74) is 2.60. The van der Waals surface area contributed by atoms with E-state index in [-0.39, 0.29) is 41.2 Å².